The van der Waals surface area contributed by atoms with Gasteiger partial charge in [-0.3, -0.25) is 4.79 Å². The molecule has 0 saturated carbocycles. The Hall–Kier alpha value is -3.30. The van der Waals surface area contributed by atoms with Gasteiger partial charge < -0.3 is 18.9 Å². The summed E-state index contributed by atoms with van der Waals surface area (Å²) < 4.78 is 12.2. The van der Waals surface area contributed by atoms with Crippen molar-refractivity contribution in [1.29, 1.82) is 0 Å². The van der Waals surface area contributed by atoms with Gasteiger partial charge in [-0.15, -0.1) is 11.8 Å². The first-order valence-electron chi connectivity index (χ1n) is 11.0. The van der Waals surface area contributed by atoms with E-state index in [1.165, 1.54) is 14.2 Å². The number of halogens is 1. The van der Waals surface area contributed by atoms with Gasteiger partial charge in [0.25, 0.3) is 5.78 Å². The number of nitrogens with zero attached hydrogens (tertiary/aromatic N) is 4. The average Bonchev–Trinajstić information content (AvgIpc) is 3.26. The van der Waals surface area contributed by atoms with E-state index < -0.39 is 11.8 Å². The third kappa shape index (κ3) is 4.92. The van der Waals surface area contributed by atoms with Crippen LogP contribution < -0.4 is 9.64 Å². The second kappa shape index (κ2) is 10.5. The van der Waals surface area contributed by atoms with Crippen LogP contribution in [0.3, 0.4) is 0 Å². The topological polar surface area (TPSA) is 86.0 Å². The number of Topliss-reactive ketones (excluding diaryl/α,β-unsaturated/α-hetero) is 1. The number of allylic oxidation sites excluding steroid dienone is 1. The fourth-order valence-corrected chi connectivity index (χ4v) is 4.90. The number of carbonyl (C=O) groups excluding carboxylic acids is 2. The van der Waals surface area contributed by atoms with E-state index in [1.807, 2.05) is 40.7 Å². The predicted octanol–water partition coefficient (Wildman–Crippen LogP) is 5.33. The number of ketones is 1. The normalized spacial score (nSPS) is 15.3. The fraction of sp³-hybridized carbons (Fsp3) is 0.280. The van der Waals surface area contributed by atoms with Gasteiger partial charge in [0.2, 0.25) is 0 Å². The highest BCUT2D eigenvalue weighted by Gasteiger charge is 2.29. The Bertz CT molecular complexity index is 1330. The lowest BCUT2D eigenvalue weighted by atomic mass is 10.1. The van der Waals surface area contributed by atoms with E-state index in [-0.39, 0.29) is 11.6 Å². The summed E-state index contributed by atoms with van der Waals surface area (Å²) in [6.45, 7) is 4.04. The van der Waals surface area contributed by atoms with Crippen molar-refractivity contribution in [3.63, 3.8) is 0 Å². The van der Waals surface area contributed by atoms with Gasteiger partial charge in [-0.05, 0) is 43.7 Å². The van der Waals surface area contributed by atoms with Gasteiger partial charge in [-0.2, -0.15) is 0 Å². The highest BCUT2D eigenvalue weighted by molar-refractivity contribution is 7.98. The Kier molecular flexibility index (Phi) is 7.47. The molecule has 0 radical (unpaired) electrons. The Labute approximate surface area is 212 Å². The third-order valence-electron chi connectivity index (χ3n) is 5.70. The number of ether oxygens (including phenoxy) is 2. The van der Waals surface area contributed by atoms with Crippen LogP contribution in [0.2, 0.25) is 5.02 Å². The van der Waals surface area contributed by atoms with Crippen molar-refractivity contribution in [2.24, 2.45) is 4.99 Å². The van der Waals surface area contributed by atoms with E-state index in [0.717, 1.165) is 17.0 Å². The van der Waals surface area contributed by atoms with Crippen LogP contribution in [0.15, 0.2) is 58.3 Å². The molecule has 2 aromatic heterocycles. The molecule has 182 valence electrons. The number of esters is 1. The van der Waals surface area contributed by atoms with Crippen LogP contribution in [0.4, 0.5) is 5.82 Å². The van der Waals surface area contributed by atoms with Crippen LogP contribution in [0.1, 0.15) is 30.6 Å². The lowest BCUT2D eigenvalue weighted by Gasteiger charge is -2.30. The molecule has 0 saturated heterocycles. The summed E-state index contributed by atoms with van der Waals surface area (Å²) in [5, 5.41) is 1.15. The summed E-state index contributed by atoms with van der Waals surface area (Å²) in [5.41, 5.74) is 1.78. The molecule has 1 atom stereocenters. The molecular weight excluding hydrogens is 488 g/mol. The zero-order chi connectivity index (χ0) is 25.1. The van der Waals surface area contributed by atoms with Gasteiger partial charge in [0.1, 0.15) is 5.75 Å². The maximum Gasteiger partial charge on any atom is 0.379 e. The van der Waals surface area contributed by atoms with Crippen LogP contribution in [0.5, 0.6) is 5.75 Å². The van der Waals surface area contributed by atoms with E-state index in [4.69, 9.17) is 26.1 Å². The number of pyridine rings is 1. The van der Waals surface area contributed by atoms with E-state index >= 15 is 0 Å². The third-order valence-corrected chi connectivity index (χ3v) is 6.96. The molecule has 8 nitrogen and oxygen atoms in total. The van der Waals surface area contributed by atoms with E-state index in [2.05, 4.69) is 18.0 Å². The van der Waals surface area contributed by atoms with Crippen molar-refractivity contribution in [2.45, 2.75) is 37.1 Å². The maximum atomic E-state index is 13.0. The summed E-state index contributed by atoms with van der Waals surface area (Å²) >= 11 is 7.58. The number of fused-ring (bicyclic) bond motifs is 1. The second-order valence-corrected chi connectivity index (χ2v) is 9.32. The molecule has 0 amide bonds. The fourth-order valence-electron chi connectivity index (χ4n) is 3.95. The van der Waals surface area contributed by atoms with Crippen LogP contribution in [-0.2, 0) is 15.4 Å². The molecule has 1 aliphatic heterocycles. The predicted molar refractivity (Wildman–Crippen MR) is 139 cm³/mol. The average molecular weight is 513 g/mol. The number of anilines is 1. The number of rotatable bonds is 8. The monoisotopic (exact) mass is 512 g/mol. The molecule has 0 N–H and O–H groups in total. The van der Waals surface area contributed by atoms with E-state index in [0.29, 0.717) is 33.4 Å². The summed E-state index contributed by atoms with van der Waals surface area (Å²) in [6, 6.07) is 7.53. The molecule has 4 rings (SSSR count). The minimum Gasteiger partial charge on any atom is -0.494 e. The Balaban J connectivity index is 1.90. The number of hydrogen-bond acceptors (Lipinski definition) is 8. The van der Waals surface area contributed by atoms with Crippen molar-refractivity contribution in [1.82, 2.24) is 9.55 Å². The molecule has 3 heterocycles. The summed E-state index contributed by atoms with van der Waals surface area (Å²) in [5.74, 6) is -0.246. The first kappa shape index (κ1) is 24.8. The van der Waals surface area contributed by atoms with Gasteiger partial charge in [-0.1, -0.05) is 18.5 Å². The van der Waals surface area contributed by atoms with Crippen molar-refractivity contribution in [2.75, 3.05) is 19.1 Å². The molecule has 0 spiro atoms. The number of methoxy groups -OCH3 is 2. The number of hydrogen-bond donors (Lipinski definition) is 0. The summed E-state index contributed by atoms with van der Waals surface area (Å²) in [7, 11) is 2.69. The highest BCUT2D eigenvalue weighted by Crippen LogP contribution is 2.38. The van der Waals surface area contributed by atoms with Gasteiger partial charge in [0.15, 0.2) is 5.82 Å². The van der Waals surface area contributed by atoms with Gasteiger partial charge in [-0.25, -0.2) is 14.8 Å². The number of aromatic nitrogens is 2. The largest absolute Gasteiger partial charge is 0.494 e. The summed E-state index contributed by atoms with van der Waals surface area (Å²) in [4.78, 5) is 37.3. The SMILES string of the molecule is CCC1C=C(C)N=CN1c1ncc(OC)c2c(C(=O)C(=O)OC)cn(CSc3ccc(Cl)cc3)c12. The first-order valence-corrected chi connectivity index (χ1v) is 12.3. The number of benzene rings is 1. The molecular formula is C25H25ClN4O4S. The van der Waals surface area contributed by atoms with Crippen LogP contribution in [-0.4, -0.2) is 47.9 Å². The minimum atomic E-state index is -0.945. The highest BCUT2D eigenvalue weighted by atomic mass is 35.5. The zero-order valence-electron chi connectivity index (χ0n) is 19.8. The van der Waals surface area contributed by atoms with Gasteiger partial charge in [0, 0.05) is 21.8 Å². The molecule has 0 aliphatic carbocycles. The molecule has 1 aromatic carbocycles. The van der Waals surface area contributed by atoms with E-state index in [1.54, 1.807) is 30.5 Å². The second-order valence-electron chi connectivity index (χ2n) is 7.87. The Morgan fingerprint density at radius 2 is 1.94 bits per heavy atom. The molecule has 0 bridgehead atoms. The number of carbonyl (C=O) groups is 2. The lowest BCUT2D eigenvalue weighted by molar-refractivity contribution is -0.135. The van der Waals surface area contributed by atoms with Crippen molar-refractivity contribution >= 4 is 58.2 Å². The Morgan fingerprint density at radius 1 is 1.20 bits per heavy atom. The molecule has 1 unspecified atom stereocenters. The van der Waals surface area contributed by atoms with Crippen molar-refractivity contribution in [3.05, 3.63) is 59.0 Å². The molecule has 3 aromatic rings. The molecule has 0 fully saturated rings. The van der Waals surface area contributed by atoms with Crippen molar-refractivity contribution < 1.29 is 19.1 Å². The van der Waals surface area contributed by atoms with E-state index in [9.17, 15) is 9.59 Å². The number of thioether (sulfide) groups is 1. The molecule has 10 heteroatoms. The molecule has 1 aliphatic rings. The van der Waals surface area contributed by atoms with Crippen LogP contribution in [0, 0.1) is 0 Å². The van der Waals surface area contributed by atoms with Gasteiger partial charge in [0.05, 0.1) is 55.1 Å². The smallest absolute Gasteiger partial charge is 0.379 e. The zero-order valence-corrected chi connectivity index (χ0v) is 21.4. The standard InChI is InChI=1S/C25H25ClN4O4S/c1-5-17-10-15(2)28-13-30(17)24-22-21(20(33-3)11-27-24)19(23(31)25(32)34-4)12-29(22)14-35-18-8-6-16(26)7-9-18/h6-13,17H,5,14H2,1-4H3. The van der Waals surface area contributed by atoms with Crippen LogP contribution >= 0.6 is 23.4 Å². The first-order chi connectivity index (χ1) is 16.9. The van der Waals surface area contributed by atoms with Crippen molar-refractivity contribution in [3.8, 4) is 5.75 Å². The molecule has 35 heavy (non-hydrogen) atoms. The maximum absolute atomic E-state index is 13.0. The van der Waals surface area contributed by atoms with Gasteiger partial charge >= 0.3 is 5.97 Å². The lowest BCUT2D eigenvalue weighted by Crippen LogP contribution is -2.35. The number of aliphatic imine (C=N–C) groups is 1. The quantitative estimate of drug-likeness (QED) is 0.174. The van der Waals surface area contributed by atoms with Crippen LogP contribution in [0.25, 0.3) is 10.9 Å². The minimum absolute atomic E-state index is 0.0311. The Morgan fingerprint density at radius 3 is 2.60 bits per heavy atom. The summed E-state index contributed by atoms with van der Waals surface area (Å²) in [6.07, 6.45) is 7.88.